The van der Waals surface area contributed by atoms with E-state index in [-0.39, 0.29) is 11.8 Å². The Kier molecular flexibility index (Phi) is 4.55. The number of carbonyl (C=O) groups is 1. The molecule has 2 fully saturated rings. The van der Waals surface area contributed by atoms with Gasteiger partial charge in [-0.15, -0.1) is 0 Å². The van der Waals surface area contributed by atoms with Crippen molar-refractivity contribution in [1.82, 2.24) is 19.6 Å². The lowest BCUT2D eigenvalue weighted by Gasteiger charge is -2.23. The molecular formula is C15H24N4O2. The van der Waals surface area contributed by atoms with Crippen molar-refractivity contribution in [2.75, 3.05) is 39.4 Å². The van der Waals surface area contributed by atoms with Crippen molar-refractivity contribution in [2.24, 2.45) is 13.0 Å². The highest BCUT2D eigenvalue weighted by Gasteiger charge is 2.29. The smallest absolute Gasteiger partial charge is 0.228 e. The van der Waals surface area contributed by atoms with Gasteiger partial charge in [-0.25, -0.2) is 0 Å². The van der Waals surface area contributed by atoms with Crippen molar-refractivity contribution in [3.63, 3.8) is 0 Å². The average Bonchev–Trinajstić information content (AvgIpc) is 3.08. The van der Waals surface area contributed by atoms with Gasteiger partial charge in [0, 0.05) is 58.1 Å². The zero-order chi connectivity index (χ0) is 14.7. The molecule has 1 aromatic heterocycles. The van der Waals surface area contributed by atoms with E-state index in [2.05, 4.69) is 16.2 Å². The molecule has 0 saturated carbocycles. The first-order chi connectivity index (χ1) is 10.2. The number of carbonyl (C=O) groups excluding carboxylic acids is 1. The molecule has 1 unspecified atom stereocenters. The van der Waals surface area contributed by atoms with Crippen LogP contribution in [0.3, 0.4) is 0 Å². The molecule has 1 aromatic rings. The van der Waals surface area contributed by atoms with Crippen molar-refractivity contribution in [3.8, 4) is 0 Å². The minimum absolute atomic E-state index is 0.0925. The first kappa shape index (κ1) is 14.5. The Morgan fingerprint density at radius 3 is 3.00 bits per heavy atom. The standard InChI is InChI=1S/C15H24N4O2/c1-17-10-13(9-16-17)11-18-4-2-5-19(7-6-18)15(20)14-3-8-21-12-14/h9-10,14H,2-8,11-12H2,1H3. The molecule has 6 nitrogen and oxygen atoms in total. The Morgan fingerprint density at radius 1 is 1.38 bits per heavy atom. The number of hydrogen-bond acceptors (Lipinski definition) is 4. The second-order valence-electron chi connectivity index (χ2n) is 6.04. The van der Waals surface area contributed by atoms with E-state index in [1.54, 1.807) is 0 Å². The zero-order valence-electron chi connectivity index (χ0n) is 12.7. The Bertz CT molecular complexity index is 482. The Hall–Kier alpha value is -1.40. The van der Waals surface area contributed by atoms with Crippen molar-refractivity contribution >= 4 is 5.91 Å². The summed E-state index contributed by atoms with van der Waals surface area (Å²) in [6.07, 6.45) is 5.90. The second-order valence-corrected chi connectivity index (χ2v) is 6.04. The molecule has 1 atom stereocenters. The van der Waals surface area contributed by atoms with Crippen LogP contribution in [0.2, 0.25) is 0 Å². The van der Waals surface area contributed by atoms with Crippen LogP contribution in [-0.4, -0.2) is 64.9 Å². The van der Waals surface area contributed by atoms with Crippen LogP contribution in [0.1, 0.15) is 18.4 Å². The van der Waals surface area contributed by atoms with Crippen LogP contribution in [0.5, 0.6) is 0 Å². The number of hydrogen-bond donors (Lipinski definition) is 0. The zero-order valence-corrected chi connectivity index (χ0v) is 12.7. The van der Waals surface area contributed by atoms with Gasteiger partial charge in [0.05, 0.1) is 18.7 Å². The van der Waals surface area contributed by atoms with Gasteiger partial charge in [0.25, 0.3) is 0 Å². The van der Waals surface area contributed by atoms with E-state index in [4.69, 9.17) is 4.74 Å². The third-order valence-corrected chi connectivity index (χ3v) is 4.34. The molecule has 0 N–H and O–H groups in total. The molecule has 1 amide bonds. The van der Waals surface area contributed by atoms with E-state index in [0.29, 0.717) is 6.61 Å². The van der Waals surface area contributed by atoms with Gasteiger partial charge in [-0.3, -0.25) is 14.4 Å². The van der Waals surface area contributed by atoms with E-state index >= 15 is 0 Å². The van der Waals surface area contributed by atoms with Crippen LogP contribution in [0, 0.1) is 5.92 Å². The molecule has 3 heterocycles. The van der Waals surface area contributed by atoms with Gasteiger partial charge in [0.2, 0.25) is 5.91 Å². The third kappa shape index (κ3) is 3.63. The molecule has 0 radical (unpaired) electrons. The maximum atomic E-state index is 12.4. The van der Waals surface area contributed by atoms with Gasteiger partial charge in [0.1, 0.15) is 0 Å². The van der Waals surface area contributed by atoms with Crippen LogP contribution < -0.4 is 0 Å². The number of aromatic nitrogens is 2. The molecule has 0 aromatic carbocycles. The summed E-state index contributed by atoms with van der Waals surface area (Å²) in [6.45, 7) is 5.94. The van der Waals surface area contributed by atoms with Crippen molar-refractivity contribution in [2.45, 2.75) is 19.4 Å². The molecule has 3 rings (SSSR count). The summed E-state index contributed by atoms with van der Waals surface area (Å²) < 4.78 is 7.17. The normalized spacial score (nSPS) is 24.2. The quantitative estimate of drug-likeness (QED) is 0.813. The Morgan fingerprint density at radius 2 is 2.29 bits per heavy atom. The molecule has 116 valence electrons. The van der Waals surface area contributed by atoms with E-state index in [9.17, 15) is 4.79 Å². The number of rotatable bonds is 3. The highest BCUT2D eigenvalue weighted by atomic mass is 16.5. The van der Waals surface area contributed by atoms with Crippen LogP contribution >= 0.6 is 0 Å². The van der Waals surface area contributed by atoms with E-state index < -0.39 is 0 Å². The molecular weight excluding hydrogens is 268 g/mol. The number of nitrogens with zero attached hydrogens (tertiary/aromatic N) is 4. The minimum Gasteiger partial charge on any atom is -0.381 e. The lowest BCUT2D eigenvalue weighted by atomic mass is 10.1. The molecule has 0 aliphatic carbocycles. The van der Waals surface area contributed by atoms with Crippen LogP contribution in [0.25, 0.3) is 0 Å². The largest absolute Gasteiger partial charge is 0.381 e. The molecule has 0 spiro atoms. The van der Waals surface area contributed by atoms with Crippen LogP contribution in [0.15, 0.2) is 12.4 Å². The van der Waals surface area contributed by atoms with Gasteiger partial charge < -0.3 is 9.64 Å². The van der Waals surface area contributed by atoms with E-state index in [1.807, 2.05) is 22.8 Å². The van der Waals surface area contributed by atoms with Gasteiger partial charge >= 0.3 is 0 Å². The van der Waals surface area contributed by atoms with Gasteiger partial charge in [0.15, 0.2) is 0 Å². The maximum absolute atomic E-state index is 12.4. The summed E-state index contributed by atoms with van der Waals surface area (Å²) in [5, 5.41) is 4.21. The highest BCUT2D eigenvalue weighted by molar-refractivity contribution is 5.79. The lowest BCUT2D eigenvalue weighted by molar-refractivity contribution is -0.135. The summed E-state index contributed by atoms with van der Waals surface area (Å²) in [5.74, 6) is 0.380. The third-order valence-electron chi connectivity index (χ3n) is 4.34. The number of aryl methyl sites for hydroxylation is 1. The van der Waals surface area contributed by atoms with E-state index in [1.165, 1.54) is 5.56 Å². The average molecular weight is 292 g/mol. The van der Waals surface area contributed by atoms with Crippen LogP contribution in [-0.2, 0) is 23.1 Å². The summed E-state index contributed by atoms with van der Waals surface area (Å²) in [7, 11) is 1.94. The molecule has 21 heavy (non-hydrogen) atoms. The second kappa shape index (κ2) is 6.58. The predicted molar refractivity (Wildman–Crippen MR) is 78.6 cm³/mol. The summed E-state index contributed by atoms with van der Waals surface area (Å²) in [6, 6.07) is 0. The van der Waals surface area contributed by atoms with Gasteiger partial charge in [-0.05, 0) is 12.8 Å². The van der Waals surface area contributed by atoms with Gasteiger partial charge in [-0.1, -0.05) is 0 Å². The highest BCUT2D eigenvalue weighted by Crippen LogP contribution is 2.17. The number of ether oxygens (including phenoxy) is 1. The Balaban J connectivity index is 1.52. The molecule has 2 aliphatic rings. The monoisotopic (exact) mass is 292 g/mol. The van der Waals surface area contributed by atoms with Crippen LogP contribution in [0.4, 0.5) is 0 Å². The maximum Gasteiger partial charge on any atom is 0.228 e. The topological polar surface area (TPSA) is 50.6 Å². The lowest BCUT2D eigenvalue weighted by Crippen LogP contribution is -2.39. The summed E-state index contributed by atoms with van der Waals surface area (Å²) in [5.41, 5.74) is 1.24. The van der Waals surface area contributed by atoms with Crippen molar-refractivity contribution in [1.29, 1.82) is 0 Å². The predicted octanol–water partition coefficient (Wildman–Crippen LogP) is 0.491. The van der Waals surface area contributed by atoms with Crippen molar-refractivity contribution in [3.05, 3.63) is 18.0 Å². The molecule has 0 bridgehead atoms. The Labute approximate surface area is 125 Å². The fourth-order valence-electron chi connectivity index (χ4n) is 3.15. The minimum atomic E-state index is 0.0925. The van der Waals surface area contributed by atoms with E-state index in [0.717, 1.165) is 52.2 Å². The number of amides is 1. The van der Waals surface area contributed by atoms with Crippen molar-refractivity contribution < 1.29 is 9.53 Å². The SMILES string of the molecule is Cn1cc(CN2CCCN(C(=O)C3CCOC3)CC2)cn1. The molecule has 2 saturated heterocycles. The van der Waals surface area contributed by atoms with Gasteiger partial charge in [-0.2, -0.15) is 5.10 Å². The fourth-order valence-corrected chi connectivity index (χ4v) is 3.15. The molecule has 6 heteroatoms. The summed E-state index contributed by atoms with van der Waals surface area (Å²) in [4.78, 5) is 16.9. The first-order valence-electron chi connectivity index (χ1n) is 7.79. The summed E-state index contributed by atoms with van der Waals surface area (Å²) >= 11 is 0. The fraction of sp³-hybridized carbons (Fsp3) is 0.733. The molecule has 2 aliphatic heterocycles. The first-order valence-corrected chi connectivity index (χ1v) is 7.79.